The molecule has 0 aliphatic heterocycles. The first-order valence-electron chi connectivity index (χ1n) is 6.25. The van der Waals surface area contributed by atoms with E-state index in [1.165, 1.54) is 0 Å². The Hall–Kier alpha value is -1.91. The van der Waals surface area contributed by atoms with Crippen molar-refractivity contribution in [2.75, 3.05) is 5.32 Å². The molecule has 0 radical (unpaired) electrons. The topological polar surface area (TPSA) is 42.0 Å². The molecule has 0 bridgehead atoms. The molecule has 104 valence electrons. The molecular formula is C16H10BrClN2O. The van der Waals surface area contributed by atoms with E-state index in [1.807, 2.05) is 36.4 Å². The van der Waals surface area contributed by atoms with Crippen LogP contribution in [0.2, 0.25) is 5.02 Å². The van der Waals surface area contributed by atoms with Gasteiger partial charge in [0.2, 0.25) is 0 Å². The van der Waals surface area contributed by atoms with E-state index in [9.17, 15) is 4.79 Å². The van der Waals surface area contributed by atoms with Gasteiger partial charge in [-0.25, -0.2) is 0 Å². The van der Waals surface area contributed by atoms with Gasteiger partial charge in [-0.3, -0.25) is 9.78 Å². The molecule has 3 aromatic rings. The molecule has 0 saturated carbocycles. The number of carbonyl (C=O) groups is 1. The monoisotopic (exact) mass is 360 g/mol. The molecule has 0 fully saturated rings. The number of carbonyl (C=O) groups excluding carboxylic acids is 1. The van der Waals surface area contributed by atoms with Crippen LogP contribution in [0, 0.1) is 0 Å². The van der Waals surface area contributed by atoms with Gasteiger partial charge in [0.05, 0.1) is 11.1 Å². The summed E-state index contributed by atoms with van der Waals surface area (Å²) < 4.78 is 0.954. The average molecular weight is 362 g/mol. The Morgan fingerprint density at radius 3 is 2.67 bits per heavy atom. The number of amides is 1. The molecule has 5 heteroatoms. The standard InChI is InChI=1S/C16H10BrClN2O/c17-11-3-5-13(6-4-11)20-16(21)14-9-12(18)8-10-2-1-7-19-15(10)14/h1-9H,(H,20,21). The first-order chi connectivity index (χ1) is 10.1. The molecule has 1 N–H and O–H groups in total. The number of hydrogen-bond donors (Lipinski definition) is 1. The summed E-state index contributed by atoms with van der Waals surface area (Å²) in [5.74, 6) is -0.233. The average Bonchev–Trinajstić information content (AvgIpc) is 2.48. The van der Waals surface area contributed by atoms with E-state index in [0.717, 1.165) is 9.86 Å². The van der Waals surface area contributed by atoms with Crippen molar-refractivity contribution in [3.05, 3.63) is 69.8 Å². The van der Waals surface area contributed by atoms with Gasteiger partial charge in [0.25, 0.3) is 5.91 Å². The van der Waals surface area contributed by atoms with E-state index in [4.69, 9.17) is 11.6 Å². The molecule has 1 aromatic heterocycles. The minimum absolute atomic E-state index is 0.233. The molecule has 0 unspecified atom stereocenters. The molecule has 3 nitrogen and oxygen atoms in total. The Kier molecular flexibility index (Phi) is 3.90. The zero-order valence-corrected chi connectivity index (χ0v) is 13.1. The van der Waals surface area contributed by atoms with Crippen molar-refractivity contribution in [1.82, 2.24) is 4.98 Å². The van der Waals surface area contributed by atoms with Crippen LogP contribution in [-0.4, -0.2) is 10.9 Å². The third-order valence-electron chi connectivity index (χ3n) is 3.02. The number of benzene rings is 2. The zero-order valence-electron chi connectivity index (χ0n) is 10.8. The lowest BCUT2D eigenvalue weighted by Crippen LogP contribution is -2.12. The van der Waals surface area contributed by atoms with Gasteiger partial charge in [0, 0.05) is 26.8 Å². The van der Waals surface area contributed by atoms with Crippen LogP contribution in [0.25, 0.3) is 10.9 Å². The molecule has 0 spiro atoms. The van der Waals surface area contributed by atoms with Crippen LogP contribution < -0.4 is 5.32 Å². The quantitative estimate of drug-likeness (QED) is 0.705. The van der Waals surface area contributed by atoms with Crippen molar-refractivity contribution < 1.29 is 4.79 Å². The first kappa shape index (κ1) is 14.0. The Bertz CT molecular complexity index is 818. The van der Waals surface area contributed by atoms with Gasteiger partial charge in [0.15, 0.2) is 0 Å². The number of hydrogen-bond acceptors (Lipinski definition) is 2. The van der Waals surface area contributed by atoms with Crippen LogP contribution in [0.4, 0.5) is 5.69 Å². The third kappa shape index (κ3) is 3.06. The van der Waals surface area contributed by atoms with E-state index in [-0.39, 0.29) is 5.91 Å². The number of nitrogens with one attached hydrogen (secondary N) is 1. The van der Waals surface area contributed by atoms with Gasteiger partial charge >= 0.3 is 0 Å². The first-order valence-corrected chi connectivity index (χ1v) is 7.42. The lowest BCUT2D eigenvalue weighted by molar-refractivity contribution is 0.102. The molecule has 21 heavy (non-hydrogen) atoms. The van der Waals surface area contributed by atoms with E-state index in [0.29, 0.717) is 21.8 Å². The predicted octanol–water partition coefficient (Wildman–Crippen LogP) is 4.90. The molecule has 1 amide bonds. The fourth-order valence-electron chi connectivity index (χ4n) is 2.06. The number of halogens is 2. The highest BCUT2D eigenvalue weighted by molar-refractivity contribution is 9.10. The second-order valence-electron chi connectivity index (χ2n) is 4.49. The Labute approximate surface area is 135 Å². The number of aromatic nitrogens is 1. The van der Waals surface area contributed by atoms with E-state index in [1.54, 1.807) is 18.3 Å². The van der Waals surface area contributed by atoms with Gasteiger partial charge in [-0.05, 0) is 42.5 Å². The van der Waals surface area contributed by atoms with Crippen LogP contribution >= 0.6 is 27.5 Å². The van der Waals surface area contributed by atoms with Crippen LogP contribution in [0.5, 0.6) is 0 Å². The number of anilines is 1. The number of pyridine rings is 1. The summed E-state index contributed by atoms with van der Waals surface area (Å²) in [6.07, 6.45) is 1.66. The second kappa shape index (κ2) is 5.84. The van der Waals surface area contributed by atoms with E-state index >= 15 is 0 Å². The molecular weight excluding hydrogens is 352 g/mol. The normalized spacial score (nSPS) is 10.6. The summed E-state index contributed by atoms with van der Waals surface area (Å²) in [4.78, 5) is 16.7. The van der Waals surface area contributed by atoms with Crippen LogP contribution in [0.1, 0.15) is 10.4 Å². The Balaban J connectivity index is 1.99. The number of nitrogens with zero attached hydrogens (tertiary/aromatic N) is 1. The van der Waals surface area contributed by atoms with Crippen molar-refractivity contribution >= 4 is 50.0 Å². The highest BCUT2D eigenvalue weighted by atomic mass is 79.9. The summed E-state index contributed by atoms with van der Waals surface area (Å²) in [5, 5.41) is 4.20. The summed E-state index contributed by atoms with van der Waals surface area (Å²) in [5.41, 5.74) is 1.81. The summed E-state index contributed by atoms with van der Waals surface area (Å²) in [6, 6.07) is 14.5. The molecule has 0 saturated heterocycles. The summed E-state index contributed by atoms with van der Waals surface area (Å²) in [6.45, 7) is 0. The fraction of sp³-hybridized carbons (Fsp3) is 0. The lowest BCUT2D eigenvalue weighted by Gasteiger charge is -2.08. The highest BCUT2D eigenvalue weighted by Gasteiger charge is 2.12. The summed E-state index contributed by atoms with van der Waals surface area (Å²) >= 11 is 9.44. The SMILES string of the molecule is O=C(Nc1ccc(Br)cc1)c1cc(Cl)cc2cccnc12. The predicted molar refractivity (Wildman–Crippen MR) is 88.8 cm³/mol. The van der Waals surface area contributed by atoms with Crippen molar-refractivity contribution in [1.29, 1.82) is 0 Å². The van der Waals surface area contributed by atoms with Crippen molar-refractivity contribution in [3.8, 4) is 0 Å². The third-order valence-corrected chi connectivity index (χ3v) is 3.76. The van der Waals surface area contributed by atoms with Crippen LogP contribution in [-0.2, 0) is 0 Å². The smallest absolute Gasteiger partial charge is 0.257 e. The molecule has 0 atom stereocenters. The summed E-state index contributed by atoms with van der Waals surface area (Å²) in [7, 11) is 0. The minimum Gasteiger partial charge on any atom is -0.322 e. The molecule has 1 heterocycles. The Morgan fingerprint density at radius 2 is 1.90 bits per heavy atom. The molecule has 0 aliphatic rings. The largest absolute Gasteiger partial charge is 0.322 e. The fourth-order valence-corrected chi connectivity index (χ4v) is 2.55. The Morgan fingerprint density at radius 1 is 1.14 bits per heavy atom. The molecule has 0 aliphatic carbocycles. The number of fused-ring (bicyclic) bond motifs is 1. The maximum absolute atomic E-state index is 12.4. The number of rotatable bonds is 2. The van der Waals surface area contributed by atoms with Gasteiger partial charge < -0.3 is 5.32 Å². The maximum Gasteiger partial charge on any atom is 0.257 e. The van der Waals surface area contributed by atoms with Crippen molar-refractivity contribution in [3.63, 3.8) is 0 Å². The van der Waals surface area contributed by atoms with Gasteiger partial charge in [-0.2, -0.15) is 0 Å². The lowest BCUT2D eigenvalue weighted by atomic mass is 10.1. The van der Waals surface area contributed by atoms with E-state index in [2.05, 4.69) is 26.2 Å². The van der Waals surface area contributed by atoms with Gasteiger partial charge in [0.1, 0.15) is 0 Å². The van der Waals surface area contributed by atoms with Gasteiger partial charge in [-0.1, -0.05) is 33.6 Å². The van der Waals surface area contributed by atoms with Crippen molar-refractivity contribution in [2.45, 2.75) is 0 Å². The van der Waals surface area contributed by atoms with E-state index < -0.39 is 0 Å². The maximum atomic E-state index is 12.4. The van der Waals surface area contributed by atoms with Crippen LogP contribution in [0.15, 0.2) is 59.2 Å². The van der Waals surface area contributed by atoms with Crippen LogP contribution in [0.3, 0.4) is 0 Å². The molecule has 3 rings (SSSR count). The van der Waals surface area contributed by atoms with Gasteiger partial charge in [-0.15, -0.1) is 0 Å². The second-order valence-corrected chi connectivity index (χ2v) is 5.84. The molecule has 2 aromatic carbocycles. The minimum atomic E-state index is -0.233. The highest BCUT2D eigenvalue weighted by Crippen LogP contribution is 2.23. The zero-order chi connectivity index (χ0) is 14.8. The van der Waals surface area contributed by atoms with Crippen molar-refractivity contribution in [2.24, 2.45) is 0 Å².